The number of hydrogen-bond acceptors (Lipinski definition) is 4. The molecular formula is C24H29N3O3. The monoisotopic (exact) mass is 407 g/mol. The molecule has 158 valence electrons. The molecule has 6 heteroatoms. The van der Waals surface area contributed by atoms with Gasteiger partial charge in [0.15, 0.2) is 11.5 Å². The molecule has 0 unspecified atom stereocenters. The van der Waals surface area contributed by atoms with Crippen LogP contribution in [0.5, 0.6) is 11.5 Å². The maximum Gasteiger partial charge on any atom is 0.224 e. The molecule has 0 spiro atoms. The minimum Gasteiger partial charge on any atom is -0.493 e. The van der Waals surface area contributed by atoms with Crippen LogP contribution in [0.4, 0.5) is 0 Å². The van der Waals surface area contributed by atoms with Crippen LogP contribution in [0.1, 0.15) is 32.1 Å². The third kappa shape index (κ3) is 4.13. The minimum absolute atomic E-state index is 0.230. The smallest absolute Gasteiger partial charge is 0.224 e. The van der Waals surface area contributed by atoms with E-state index in [9.17, 15) is 4.79 Å². The number of rotatable bonds is 6. The molecule has 1 aliphatic rings. The summed E-state index contributed by atoms with van der Waals surface area (Å²) in [7, 11) is 3.26. The van der Waals surface area contributed by atoms with Crippen LogP contribution in [0, 0.1) is 0 Å². The number of carbonyl (C=O) groups excluding carboxylic acids is 1. The molecule has 0 aliphatic carbocycles. The molecular weight excluding hydrogens is 378 g/mol. The zero-order chi connectivity index (χ0) is 20.9. The molecule has 0 atom stereocenters. The van der Waals surface area contributed by atoms with E-state index in [-0.39, 0.29) is 5.91 Å². The van der Waals surface area contributed by atoms with Crippen LogP contribution in [-0.2, 0) is 11.3 Å². The Balaban J connectivity index is 1.65. The van der Waals surface area contributed by atoms with E-state index in [1.807, 2.05) is 41.3 Å². The van der Waals surface area contributed by atoms with Crippen LogP contribution in [0.3, 0.4) is 0 Å². The summed E-state index contributed by atoms with van der Waals surface area (Å²) in [5.41, 5.74) is 2.89. The Labute approximate surface area is 177 Å². The van der Waals surface area contributed by atoms with Gasteiger partial charge in [0.2, 0.25) is 5.91 Å². The van der Waals surface area contributed by atoms with Gasteiger partial charge in [-0.25, -0.2) is 4.98 Å². The van der Waals surface area contributed by atoms with Crippen LogP contribution >= 0.6 is 0 Å². The first-order valence-corrected chi connectivity index (χ1v) is 10.7. The lowest BCUT2D eigenvalue weighted by molar-refractivity contribution is -0.131. The molecule has 0 saturated carbocycles. The Morgan fingerprint density at radius 3 is 2.43 bits per heavy atom. The lowest BCUT2D eigenvalue weighted by Crippen LogP contribution is -2.32. The number of benzene rings is 2. The van der Waals surface area contributed by atoms with E-state index in [0.29, 0.717) is 24.5 Å². The highest BCUT2D eigenvalue weighted by atomic mass is 16.5. The van der Waals surface area contributed by atoms with Crippen LogP contribution in [0.2, 0.25) is 0 Å². The van der Waals surface area contributed by atoms with Crippen molar-refractivity contribution in [2.75, 3.05) is 27.3 Å². The fourth-order valence-corrected chi connectivity index (χ4v) is 4.18. The number of hydrogen-bond donors (Lipinski definition) is 0. The first-order valence-electron chi connectivity index (χ1n) is 10.7. The number of imidazole rings is 1. The van der Waals surface area contributed by atoms with Crippen molar-refractivity contribution < 1.29 is 14.3 Å². The minimum atomic E-state index is 0.230. The predicted molar refractivity (Wildman–Crippen MR) is 118 cm³/mol. The second-order valence-corrected chi connectivity index (χ2v) is 7.69. The molecule has 1 aliphatic heterocycles. The Hall–Kier alpha value is -3.02. The van der Waals surface area contributed by atoms with E-state index in [4.69, 9.17) is 14.5 Å². The van der Waals surface area contributed by atoms with Gasteiger partial charge in [0.1, 0.15) is 5.82 Å². The first-order chi connectivity index (χ1) is 14.7. The van der Waals surface area contributed by atoms with Gasteiger partial charge in [-0.15, -0.1) is 0 Å². The molecule has 0 N–H and O–H groups in total. The molecule has 1 saturated heterocycles. The number of fused-ring (bicyclic) bond motifs is 1. The highest BCUT2D eigenvalue weighted by Gasteiger charge is 2.19. The largest absolute Gasteiger partial charge is 0.493 e. The summed E-state index contributed by atoms with van der Waals surface area (Å²) >= 11 is 0. The van der Waals surface area contributed by atoms with E-state index >= 15 is 0 Å². The van der Waals surface area contributed by atoms with E-state index in [1.54, 1.807) is 14.2 Å². The zero-order valence-corrected chi connectivity index (χ0v) is 17.8. The Kier molecular flexibility index (Phi) is 6.21. The van der Waals surface area contributed by atoms with Gasteiger partial charge in [0.25, 0.3) is 0 Å². The van der Waals surface area contributed by atoms with Crippen LogP contribution < -0.4 is 9.47 Å². The van der Waals surface area contributed by atoms with E-state index < -0.39 is 0 Å². The van der Waals surface area contributed by atoms with Crippen LogP contribution in [0.25, 0.3) is 22.4 Å². The van der Waals surface area contributed by atoms with Crippen molar-refractivity contribution in [3.63, 3.8) is 0 Å². The fourth-order valence-electron chi connectivity index (χ4n) is 4.18. The maximum absolute atomic E-state index is 12.9. The van der Waals surface area contributed by atoms with E-state index in [0.717, 1.165) is 48.4 Å². The van der Waals surface area contributed by atoms with Crippen molar-refractivity contribution in [2.45, 2.75) is 38.6 Å². The predicted octanol–water partition coefficient (Wildman–Crippen LogP) is 4.51. The number of nitrogens with zero attached hydrogens (tertiary/aromatic N) is 3. The quantitative estimate of drug-likeness (QED) is 0.603. The average molecular weight is 408 g/mol. The van der Waals surface area contributed by atoms with Gasteiger partial charge in [-0.3, -0.25) is 4.79 Å². The van der Waals surface area contributed by atoms with Crippen LogP contribution in [0.15, 0.2) is 42.5 Å². The molecule has 1 amide bonds. The van der Waals surface area contributed by atoms with Crippen molar-refractivity contribution >= 4 is 16.9 Å². The van der Waals surface area contributed by atoms with Gasteiger partial charge in [0.05, 0.1) is 25.3 Å². The number of ether oxygens (including phenoxy) is 2. The highest BCUT2D eigenvalue weighted by molar-refractivity contribution is 5.82. The average Bonchev–Trinajstić information content (AvgIpc) is 2.95. The SMILES string of the molecule is COc1ccc(-c2nc3ccccc3n2CCC(=O)N2CCCCCC2)cc1OC. The van der Waals surface area contributed by atoms with E-state index in [2.05, 4.69) is 10.6 Å². The van der Waals surface area contributed by atoms with Gasteiger partial charge < -0.3 is 18.9 Å². The van der Waals surface area contributed by atoms with Crippen molar-refractivity contribution in [2.24, 2.45) is 0 Å². The molecule has 30 heavy (non-hydrogen) atoms. The number of aromatic nitrogens is 2. The first kappa shape index (κ1) is 20.3. The number of aryl methyl sites for hydroxylation is 1. The number of carbonyl (C=O) groups is 1. The van der Waals surface area contributed by atoms with E-state index in [1.165, 1.54) is 12.8 Å². The number of methoxy groups -OCH3 is 2. The second-order valence-electron chi connectivity index (χ2n) is 7.69. The van der Waals surface area contributed by atoms with Gasteiger partial charge in [0, 0.05) is 31.6 Å². The summed E-state index contributed by atoms with van der Waals surface area (Å²) in [5, 5.41) is 0. The summed E-state index contributed by atoms with van der Waals surface area (Å²) in [5.74, 6) is 2.41. The van der Waals surface area contributed by atoms with Crippen LogP contribution in [-0.4, -0.2) is 47.7 Å². The summed E-state index contributed by atoms with van der Waals surface area (Å²) in [6, 6.07) is 13.9. The van der Waals surface area contributed by atoms with Crippen molar-refractivity contribution in [3.05, 3.63) is 42.5 Å². The normalized spacial score (nSPS) is 14.5. The summed E-state index contributed by atoms with van der Waals surface area (Å²) in [4.78, 5) is 19.8. The summed E-state index contributed by atoms with van der Waals surface area (Å²) in [6.45, 7) is 2.36. The zero-order valence-electron chi connectivity index (χ0n) is 17.8. The van der Waals surface area contributed by atoms with Crippen molar-refractivity contribution in [3.8, 4) is 22.9 Å². The van der Waals surface area contributed by atoms with Gasteiger partial charge in [-0.2, -0.15) is 0 Å². The summed E-state index contributed by atoms with van der Waals surface area (Å²) in [6.07, 6.45) is 5.13. The lowest BCUT2D eigenvalue weighted by atomic mass is 10.2. The van der Waals surface area contributed by atoms with Gasteiger partial charge in [-0.05, 0) is 43.2 Å². The third-order valence-electron chi connectivity index (χ3n) is 5.80. The molecule has 2 aromatic carbocycles. The Bertz CT molecular complexity index is 1020. The Morgan fingerprint density at radius 1 is 0.967 bits per heavy atom. The number of amides is 1. The molecule has 3 aromatic rings. The van der Waals surface area contributed by atoms with Gasteiger partial charge in [-0.1, -0.05) is 25.0 Å². The lowest BCUT2D eigenvalue weighted by Gasteiger charge is -2.21. The van der Waals surface area contributed by atoms with Gasteiger partial charge >= 0.3 is 0 Å². The van der Waals surface area contributed by atoms with Crippen molar-refractivity contribution in [1.29, 1.82) is 0 Å². The molecule has 6 nitrogen and oxygen atoms in total. The number of likely N-dealkylation sites (tertiary alicyclic amines) is 1. The second kappa shape index (κ2) is 9.20. The fraction of sp³-hybridized carbons (Fsp3) is 0.417. The standard InChI is InChI=1S/C24H29N3O3/c1-29-21-12-11-18(17-22(21)30-2)24-25-19-9-5-6-10-20(19)27(24)16-13-23(28)26-14-7-3-4-8-15-26/h5-6,9-12,17H,3-4,7-8,13-16H2,1-2H3. The molecule has 1 aromatic heterocycles. The maximum atomic E-state index is 12.9. The molecule has 4 rings (SSSR count). The van der Waals surface area contributed by atoms with Crippen molar-refractivity contribution in [1.82, 2.24) is 14.5 Å². The summed E-state index contributed by atoms with van der Waals surface area (Å²) < 4.78 is 13.0. The molecule has 0 bridgehead atoms. The third-order valence-corrected chi connectivity index (χ3v) is 5.80. The Morgan fingerprint density at radius 2 is 1.70 bits per heavy atom. The topological polar surface area (TPSA) is 56.6 Å². The molecule has 0 radical (unpaired) electrons. The number of para-hydroxylation sites is 2. The molecule has 1 fully saturated rings. The molecule has 2 heterocycles. The highest BCUT2D eigenvalue weighted by Crippen LogP contribution is 2.33.